The molecule has 1 saturated heterocycles. The third-order valence-electron chi connectivity index (χ3n) is 5.56. The maximum atomic E-state index is 13.1. The van der Waals surface area contributed by atoms with E-state index in [1.165, 1.54) is 19.3 Å². The van der Waals surface area contributed by atoms with Crippen LogP contribution in [0.2, 0.25) is 0 Å². The van der Waals surface area contributed by atoms with E-state index in [2.05, 4.69) is 5.32 Å². The van der Waals surface area contributed by atoms with E-state index in [0.29, 0.717) is 19.0 Å². The average molecular weight is 354 g/mol. The smallest absolute Gasteiger partial charge is 0.250 e. The number of nitrogens with one attached hydrogen (secondary N) is 1. The molecule has 0 unspecified atom stereocenters. The summed E-state index contributed by atoms with van der Waals surface area (Å²) in [6.45, 7) is 2.67. The molecule has 0 radical (unpaired) electrons. The lowest BCUT2D eigenvalue weighted by Gasteiger charge is -2.28. The lowest BCUT2D eigenvalue weighted by atomic mass is 9.95. The normalized spacial score (nSPS) is 21.7. The van der Waals surface area contributed by atoms with Crippen molar-refractivity contribution in [2.24, 2.45) is 0 Å². The van der Waals surface area contributed by atoms with Crippen molar-refractivity contribution in [3.8, 4) is 0 Å². The molecule has 4 nitrogen and oxygen atoms in total. The Morgan fingerprint density at radius 3 is 2.50 bits per heavy atom. The summed E-state index contributed by atoms with van der Waals surface area (Å²) >= 11 is 0. The predicted molar refractivity (Wildman–Crippen MR) is 104 cm³/mol. The van der Waals surface area contributed by atoms with Crippen LogP contribution < -0.4 is 5.32 Å². The molecule has 140 valence electrons. The van der Waals surface area contributed by atoms with E-state index in [9.17, 15) is 9.59 Å². The van der Waals surface area contributed by atoms with Gasteiger partial charge in [-0.05, 0) is 43.7 Å². The molecule has 4 heteroatoms. The minimum absolute atomic E-state index is 0.0117. The second-order valence-electron chi connectivity index (χ2n) is 7.43. The Labute approximate surface area is 156 Å². The van der Waals surface area contributed by atoms with Crippen molar-refractivity contribution in [3.63, 3.8) is 0 Å². The van der Waals surface area contributed by atoms with Gasteiger partial charge in [-0.3, -0.25) is 9.59 Å². The minimum Gasteiger partial charge on any atom is -0.352 e. The number of amides is 2. The Hall–Kier alpha value is -2.10. The molecule has 0 spiro atoms. The molecule has 2 fully saturated rings. The van der Waals surface area contributed by atoms with E-state index in [4.69, 9.17) is 0 Å². The number of likely N-dealkylation sites (tertiary alicyclic amines) is 1. The number of hydrogen-bond acceptors (Lipinski definition) is 2. The maximum absolute atomic E-state index is 13.1. The van der Waals surface area contributed by atoms with Gasteiger partial charge < -0.3 is 10.2 Å². The van der Waals surface area contributed by atoms with Crippen LogP contribution in [-0.4, -0.2) is 35.3 Å². The van der Waals surface area contributed by atoms with E-state index in [0.717, 1.165) is 36.8 Å². The Morgan fingerprint density at radius 1 is 1.08 bits per heavy atom. The molecule has 0 aromatic heterocycles. The van der Waals surface area contributed by atoms with Gasteiger partial charge >= 0.3 is 0 Å². The highest BCUT2D eigenvalue weighted by molar-refractivity contribution is 6.00. The SMILES string of the molecule is CC/C(=C\c1ccccc1)C(=O)N1CCC[C@H]1C(=O)NC1CCCCC1. The van der Waals surface area contributed by atoms with Gasteiger partial charge in [-0.25, -0.2) is 0 Å². The molecule has 1 aromatic rings. The maximum Gasteiger partial charge on any atom is 0.250 e. The molecule has 1 aliphatic carbocycles. The molecule has 1 aliphatic heterocycles. The molecule has 1 atom stereocenters. The summed E-state index contributed by atoms with van der Waals surface area (Å²) in [6, 6.07) is 9.89. The molecule has 2 amide bonds. The van der Waals surface area contributed by atoms with E-state index in [-0.39, 0.29) is 17.9 Å². The summed E-state index contributed by atoms with van der Waals surface area (Å²) in [4.78, 5) is 27.6. The van der Waals surface area contributed by atoms with Crippen molar-refractivity contribution in [1.29, 1.82) is 0 Å². The topological polar surface area (TPSA) is 49.4 Å². The monoisotopic (exact) mass is 354 g/mol. The average Bonchev–Trinajstić information content (AvgIpc) is 3.17. The van der Waals surface area contributed by atoms with Crippen LogP contribution in [-0.2, 0) is 9.59 Å². The standard InChI is InChI=1S/C22H30N2O2/c1-2-18(16-17-10-5-3-6-11-17)22(26)24-15-9-14-20(24)21(25)23-19-12-7-4-8-13-19/h3,5-6,10-11,16,19-20H,2,4,7-9,12-15H2,1H3,(H,23,25)/b18-16+/t20-/m0/s1. The number of carbonyl (C=O) groups is 2. The summed E-state index contributed by atoms with van der Waals surface area (Å²) < 4.78 is 0. The molecule has 3 rings (SSSR count). The van der Waals surface area contributed by atoms with Crippen LogP contribution in [0, 0.1) is 0 Å². The second kappa shape index (κ2) is 9.02. The van der Waals surface area contributed by atoms with E-state index < -0.39 is 0 Å². The quantitative estimate of drug-likeness (QED) is 0.815. The van der Waals surface area contributed by atoms with Gasteiger partial charge in [0.15, 0.2) is 0 Å². The largest absolute Gasteiger partial charge is 0.352 e. The lowest BCUT2D eigenvalue weighted by molar-refractivity contribution is -0.136. The molecule has 26 heavy (non-hydrogen) atoms. The second-order valence-corrected chi connectivity index (χ2v) is 7.43. The zero-order valence-corrected chi connectivity index (χ0v) is 15.7. The highest BCUT2D eigenvalue weighted by atomic mass is 16.2. The molecule has 1 aromatic carbocycles. The molecular formula is C22H30N2O2. The van der Waals surface area contributed by atoms with Gasteiger partial charge in [0.2, 0.25) is 11.8 Å². The first kappa shape index (κ1) is 18.7. The van der Waals surface area contributed by atoms with Gasteiger partial charge in [-0.1, -0.05) is 56.5 Å². The van der Waals surface area contributed by atoms with Gasteiger partial charge in [0.25, 0.3) is 0 Å². The molecule has 2 aliphatic rings. The Bertz CT molecular complexity index is 647. The predicted octanol–water partition coefficient (Wildman–Crippen LogP) is 3.92. The fraction of sp³-hybridized carbons (Fsp3) is 0.545. The first-order chi connectivity index (χ1) is 12.7. The Kier molecular flexibility index (Phi) is 6.48. The van der Waals surface area contributed by atoms with Crippen molar-refractivity contribution >= 4 is 17.9 Å². The fourth-order valence-corrected chi connectivity index (χ4v) is 4.08. The highest BCUT2D eigenvalue weighted by Crippen LogP contribution is 2.24. The molecule has 1 saturated carbocycles. The van der Waals surface area contributed by atoms with E-state index in [1.54, 1.807) is 4.90 Å². The summed E-state index contributed by atoms with van der Waals surface area (Å²) in [6.07, 6.45) is 10.1. The van der Waals surface area contributed by atoms with Gasteiger partial charge in [0.05, 0.1) is 0 Å². The van der Waals surface area contributed by atoms with Crippen LogP contribution in [0.4, 0.5) is 0 Å². The molecule has 0 bridgehead atoms. The summed E-state index contributed by atoms with van der Waals surface area (Å²) in [5, 5.41) is 3.20. The van der Waals surface area contributed by atoms with Crippen LogP contribution in [0.5, 0.6) is 0 Å². The number of rotatable bonds is 5. The van der Waals surface area contributed by atoms with Crippen LogP contribution >= 0.6 is 0 Å². The van der Waals surface area contributed by atoms with Crippen LogP contribution in [0.3, 0.4) is 0 Å². The molecular weight excluding hydrogens is 324 g/mol. The van der Waals surface area contributed by atoms with Gasteiger partial charge in [0.1, 0.15) is 6.04 Å². The van der Waals surface area contributed by atoms with E-state index >= 15 is 0 Å². The van der Waals surface area contributed by atoms with Crippen molar-refractivity contribution in [3.05, 3.63) is 41.5 Å². The van der Waals surface area contributed by atoms with Crippen molar-refractivity contribution in [1.82, 2.24) is 10.2 Å². The number of hydrogen-bond donors (Lipinski definition) is 1. The third-order valence-corrected chi connectivity index (χ3v) is 5.56. The van der Waals surface area contributed by atoms with Gasteiger partial charge in [0, 0.05) is 18.2 Å². The Balaban J connectivity index is 1.68. The number of benzene rings is 1. The van der Waals surface area contributed by atoms with Crippen LogP contribution in [0.1, 0.15) is 63.9 Å². The van der Waals surface area contributed by atoms with Crippen molar-refractivity contribution < 1.29 is 9.59 Å². The molecule has 1 heterocycles. The van der Waals surface area contributed by atoms with Gasteiger partial charge in [-0.2, -0.15) is 0 Å². The summed E-state index contributed by atoms with van der Waals surface area (Å²) in [5.74, 6) is 0.0514. The highest BCUT2D eigenvalue weighted by Gasteiger charge is 2.35. The third kappa shape index (κ3) is 4.54. The first-order valence-corrected chi connectivity index (χ1v) is 10.1. The summed E-state index contributed by atoms with van der Waals surface area (Å²) in [7, 11) is 0. The number of nitrogens with zero attached hydrogens (tertiary/aromatic N) is 1. The van der Waals surface area contributed by atoms with Crippen molar-refractivity contribution in [2.75, 3.05) is 6.54 Å². The summed E-state index contributed by atoms with van der Waals surface area (Å²) in [5.41, 5.74) is 1.80. The fourth-order valence-electron chi connectivity index (χ4n) is 4.08. The van der Waals surface area contributed by atoms with E-state index in [1.807, 2.05) is 43.3 Å². The number of carbonyl (C=O) groups excluding carboxylic acids is 2. The first-order valence-electron chi connectivity index (χ1n) is 10.1. The van der Waals surface area contributed by atoms with Crippen molar-refractivity contribution in [2.45, 2.75) is 70.4 Å². The lowest BCUT2D eigenvalue weighted by Crippen LogP contribution is -2.49. The van der Waals surface area contributed by atoms with Crippen LogP contribution in [0.25, 0.3) is 6.08 Å². The Morgan fingerprint density at radius 2 is 1.81 bits per heavy atom. The van der Waals surface area contributed by atoms with Crippen LogP contribution in [0.15, 0.2) is 35.9 Å². The van der Waals surface area contributed by atoms with Gasteiger partial charge in [-0.15, -0.1) is 0 Å². The molecule has 1 N–H and O–H groups in total. The zero-order chi connectivity index (χ0) is 18.4. The minimum atomic E-state index is -0.310. The zero-order valence-electron chi connectivity index (χ0n) is 15.7.